The van der Waals surface area contributed by atoms with Crippen molar-refractivity contribution in [2.45, 2.75) is 51.2 Å². The average Bonchev–Trinajstić information content (AvgIpc) is 3.10. The number of fused-ring (bicyclic) bond motifs is 1. The van der Waals surface area contributed by atoms with Crippen LogP contribution in [0.1, 0.15) is 50.6 Å². The largest absolute Gasteiger partial charge is 0.459 e. The van der Waals surface area contributed by atoms with Gasteiger partial charge >= 0.3 is 5.97 Å². The summed E-state index contributed by atoms with van der Waals surface area (Å²) in [6, 6.07) is 7.41. The lowest BCUT2D eigenvalue weighted by atomic mass is 9.95. The van der Waals surface area contributed by atoms with Crippen LogP contribution in [0.2, 0.25) is 0 Å². The van der Waals surface area contributed by atoms with Gasteiger partial charge in [-0.25, -0.2) is 4.79 Å². The number of rotatable bonds is 3. The molecule has 136 valence electrons. The Labute approximate surface area is 159 Å². The third-order valence-corrected chi connectivity index (χ3v) is 5.47. The molecule has 1 aliphatic carbocycles. The van der Waals surface area contributed by atoms with Crippen LogP contribution in [-0.4, -0.2) is 32.3 Å². The molecule has 0 unspecified atom stereocenters. The molecule has 7 nitrogen and oxygen atoms in total. The number of esters is 1. The van der Waals surface area contributed by atoms with Gasteiger partial charge in [0.25, 0.3) is 0 Å². The van der Waals surface area contributed by atoms with Gasteiger partial charge in [-0.2, -0.15) is 4.68 Å². The van der Waals surface area contributed by atoms with Crippen molar-refractivity contribution in [3.63, 3.8) is 0 Å². The minimum absolute atomic E-state index is 0.00242. The standard InChI is InChI=1S/C18H20BrN5O2/c1-11-15(17(25)26-14-5-3-2-4-6-14)16(12-7-9-13(19)10-8-12)24-18(20-11)21-22-23-24/h7-10,14,16H,2-6H2,1H3,(H,20,21,23)/t16-/m1/s1. The molecule has 0 saturated heterocycles. The number of allylic oxidation sites excluding steroid dienone is 1. The van der Waals surface area contributed by atoms with Crippen molar-refractivity contribution in [2.75, 3.05) is 5.32 Å². The summed E-state index contributed by atoms with van der Waals surface area (Å²) >= 11 is 3.45. The number of benzene rings is 1. The Morgan fingerprint density at radius 1 is 1.23 bits per heavy atom. The predicted octanol–water partition coefficient (Wildman–Crippen LogP) is 3.60. The van der Waals surface area contributed by atoms with Gasteiger partial charge in [0.2, 0.25) is 5.95 Å². The van der Waals surface area contributed by atoms with Gasteiger partial charge < -0.3 is 10.1 Å². The first-order valence-corrected chi connectivity index (χ1v) is 9.65. The summed E-state index contributed by atoms with van der Waals surface area (Å²) in [7, 11) is 0. The van der Waals surface area contributed by atoms with E-state index < -0.39 is 6.04 Å². The number of aromatic nitrogens is 4. The lowest BCUT2D eigenvalue weighted by molar-refractivity contribution is -0.146. The second-order valence-electron chi connectivity index (χ2n) is 6.73. The minimum Gasteiger partial charge on any atom is -0.459 e. The zero-order valence-corrected chi connectivity index (χ0v) is 16.1. The van der Waals surface area contributed by atoms with E-state index in [1.807, 2.05) is 31.2 Å². The van der Waals surface area contributed by atoms with Gasteiger partial charge in [-0.15, -0.1) is 0 Å². The monoisotopic (exact) mass is 417 g/mol. The lowest BCUT2D eigenvalue weighted by Gasteiger charge is -2.29. The molecule has 1 aromatic heterocycles. The molecule has 2 heterocycles. The molecule has 1 aliphatic heterocycles. The summed E-state index contributed by atoms with van der Waals surface area (Å²) < 4.78 is 8.44. The summed E-state index contributed by atoms with van der Waals surface area (Å²) in [5, 5.41) is 15.0. The van der Waals surface area contributed by atoms with Crippen LogP contribution in [0.5, 0.6) is 0 Å². The van der Waals surface area contributed by atoms with Crippen molar-refractivity contribution >= 4 is 27.8 Å². The van der Waals surface area contributed by atoms with Gasteiger partial charge in [-0.1, -0.05) is 39.6 Å². The van der Waals surface area contributed by atoms with Gasteiger partial charge in [0.05, 0.1) is 5.57 Å². The van der Waals surface area contributed by atoms with Crippen molar-refractivity contribution in [3.8, 4) is 0 Å². The highest BCUT2D eigenvalue weighted by atomic mass is 79.9. The maximum atomic E-state index is 13.0. The van der Waals surface area contributed by atoms with Gasteiger partial charge in [0.15, 0.2) is 0 Å². The maximum Gasteiger partial charge on any atom is 0.338 e. The topological polar surface area (TPSA) is 81.9 Å². The van der Waals surface area contributed by atoms with Crippen LogP contribution in [0, 0.1) is 0 Å². The third-order valence-electron chi connectivity index (χ3n) is 4.95. The number of tetrazole rings is 1. The second-order valence-corrected chi connectivity index (χ2v) is 7.65. The van der Waals surface area contributed by atoms with E-state index in [-0.39, 0.29) is 12.1 Å². The highest BCUT2D eigenvalue weighted by Crippen LogP contribution is 2.36. The van der Waals surface area contributed by atoms with E-state index in [1.54, 1.807) is 4.68 Å². The Hall–Kier alpha value is -2.22. The van der Waals surface area contributed by atoms with Crippen LogP contribution in [0.4, 0.5) is 5.95 Å². The third kappa shape index (κ3) is 3.25. The SMILES string of the molecule is CC1=C(C(=O)OC2CCCCC2)[C@@H](c2ccc(Br)cc2)n2nnnc2N1. The van der Waals surface area contributed by atoms with E-state index in [1.165, 1.54) is 6.42 Å². The highest BCUT2D eigenvalue weighted by Gasteiger charge is 2.35. The smallest absolute Gasteiger partial charge is 0.338 e. The molecule has 2 aromatic rings. The fraction of sp³-hybridized carbons (Fsp3) is 0.444. The molecule has 8 heteroatoms. The summed E-state index contributed by atoms with van der Waals surface area (Å²) in [6.45, 7) is 1.86. The quantitative estimate of drug-likeness (QED) is 0.768. The van der Waals surface area contributed by atoms with E-state index in [2.05, 4.69) is 36.8 Å². The van der Waals surface area contributed by atoms with Crippen LogP contribution in [0.3, 0.4) is 0 Å². The Balaban J connectivity index is 1.69. The fourth-order valence-corrected chi connectivity index (χ4v) is 3.89. The maximum absolute atomic E-state index is 13.0. The molecule has 0 amide bonds. The first-order chi connectivity index (χ1) is 12.6. The Morgan fingerprint density at radius 3 is 2.69 bits per heavy atom. The number of carbonyl (C=O) groups excluding carboxylic acids is 1. The van der Waals surface area contributed by atoms with Crippen molar-refractivity contribution in [1.82, 2.24) is 20.2 Å². The Kier molecular flexibility index (Phi) is 4.76. The van der Waals surface area contributed by atoms with Gasteiger partial charge in [0, 0.05) is 10.2 Å². The average molecular weight is 418 g/mol. The highest BCUT2D eigenvalue weighted by molar-refractivity contribution is 9.10. The Bertz CT molecular complexity index is 840. The molecule has 0 spiro atoms. The summed E-state index contributed by atoms with van der Waals surface area (Å²) in [5.74, 6) is 0.223. The van der Waals surface area contributed by atoms with Crippen molar-refractivity contribution < 1.29 is 9.53 Å². The van der Waals surface area contributed by atoms with Gasteiger partial charge in [0.1, 0.15) is 12.1 Å². The van der Waals surface area contributed by atoms with Crippen LogP contribution in [-0.2, 0) is 9.53 Å². The van der Waals surface area contributed by atoms with E-state index >= 15 is 0 Å². The molecular formula is C18H20BrN5O2. The Morgan fingerprint density at radius 2 is 1.96 bits per heavy atom. The van der Waals surface area contributed by atoms with E-state index in [4.69, 9.17) is 4.74 Å². The van der Waals surface area contributed by atoms with Gasteiger partial charge in [-0.05, 0) is 60.7 Å². The van der Waals surface area contributed by atoms with Crippen molar-refractivity contribution in [1.29, 1.82) is 0 Å². The molecule has 0 radical (unpaired) electrons. The zero-order chi connectivity index (χ0) is 18.1. The molecule has 1 fully saturated rings. The van der Waals surface area contributed by atoms with Crippen molar-refractivity contribution in [3.05, 3.63) is 45.6 Å². The molecule has 0 bridgehead atoms. The summed E-state index contributed by atoms with van der Waals surface area (Å²) in [5.41, 5.74) is 2.21. The first-order valence-electron chi connectivity index (χ1n) is 8.85. The van der Waals surface area contributed by atoms with Crippen molar-refractivity contribution in [2.24, 2.45) is 0 Å². The van der Waals surface area contributed by atoms with Gasteiger partial charge in [-0.3, -0.25) is 0 Å². The number of ether oxygens (including phenoxy) is 1. The molecule has 4 rings (SSSR count). The summed E-state index contributed by atoms with van der Waals surface area (Å²) in [6.07, 6.45) is 5.31. The predicted molar refractivity (Wildman–Crippen MR) is 99.4 cm³/mol. The van der Waals surface area contributed by atoms with Crippen LogP contribution in [0.25, 0.3) is 0 Å². The molecule has 1 atom stereocenters. The number of hydrogen-bond acceptors (Lipinski definition) is 6. The molecule has 1 aromatic carbocycles. The lowest BCUT2D eigenvalue weighted by Crippen LogP contribution is -2.32. The number of anilines is 1. The van der Waals surface area contributed by atoms with Crippen LogP contribution >= 0.6 is 15.9 Å². The van der Waals surface area contributed by atoms with E-state index in [0.717, 1.165) is 41.4 Å². The first kappa shape index (κ1) is 17.2. The minimum atomic E-state index is -0.412. The fourth-order valence-electron chi connectivity index (χ4n) is 3.63. The molecule has 1 saturated carbocycles. The van der Waals surface area contributed by atoms with E-state index in [0.29, 0.717) is 11.5 Å². The van der Waals surface area contributed by atoms with Crippen LogP contribution < -0.4 is 5.32 Å². The molecule has 2 aliphatic rings. The number of halogens is 1. The van der Waals surface area contributed by atoms with E-state index in [9.17, 15) is 4.79 Å². The normalized spacial score (nSPS) is 20.5. The summed E-state index contributed by atoms with van der Waals surface area (Å²) in [4.78, 5) is 13.0. The molecule has 26 heavy (non-hydrogen) atoms. The zero-order valence-electron chi connectivity index (χ0n) is 14.5. The number of hydrogen-bond donors (Lipinski definition) is 1. The number of carbonyl (C=O) groups is 1. The molecular weight excluding hydrogens is 398 g/mol. The van der Waals surface area contributed by atoms with Crippen LogP contribution in [0.15, 0.2) is 40.0 Å². The number of nitrogens with one attached hydrogen (secondary N) is 1. The second kappa shape index (κ2) is 7.19. The number of nitrogens with zero attached hydrogens (tertiary/aromatic N) is 4. The molecule has 1 N–H and O–H groups in total.